The molecular weight excluding hydrogens is 508 g/mol. The van der Waals surface area contributed by atoms with Gasteiger partial charge in [0.25, 0.3) is 0 Å². The van der Waals surface area contributed by atoms with Crippen LogP contribution in [0.5, 0.6) is 5.75 Å². The van der Waals surface area contributed by atoms with Gasteiger partial charge in [-0.25, -0.2) is 9.18 Å². The lowest BCUT2D eigenvalue weighted by Crippen LogP contribution is -2.38. The zero-order valence-corrected chi connectivity index (χ0v) is 21.9. The Balaban J connectivity index is 1.79. The number of aliphatic carboxylic acids is 1. The van der Waals surface area contributed by atoms with Crippen LogP contribution in [0.15, 0.2) is 48.5 Å². The van der Waals surface area contributed by atoms with Crippen molar-refractivity contribution in [1.82, 2.24) is 0 Å². The smallest absolute Gasteiger partial charge is 0.416 e. The van der Waals surface area contributed by atoms with Gasteiger partial charge >= 0.3 is 12.1 Å². The Bertz CT molecular complexity index is 1300. The second kappa shape index (κ2) is 10.3. The third-order valence-electron chi connectivity index (χ3n) is 5.82. The van der Waals surface area contributed by atoms with Crippen LogP contribution in [0.2, 0.25) is 0 Å². The number of thiophene rings is 1. The van der Waals surface area contributed by atoms with Crippen LogP contribution in [0.3, 0.4) is 0 Å². The van der Waals surface area contributed by atoms with E-state index in [1.165, 1.54) is 43.4 Å². The van der Waals surface area contributed by atoms with Crippen LogP contribution in [0.1, 0.15) is 67.4 Å². The predicted octanol–water partition coefficient (Wildman–Crippen LogP) is 7.93. The number of carbonyl (C=O) groups excluding carboxylic acids is 1. The van der Waals surface area contributed by atoms with Crippen LogP contribution in [0.25, 0.3) is 10.4 Å². The van der Waals surface area contributed by atoms with Gasteiger partial charge in [-0.05, 0) is 67.1 Å². The number of hydrogen-bond acceptors (Lipinski definition) is 4. The number of carboxylic acids is 1. The second-order valence-corrected chi connectivity index (χ2v) is 11.3. The molecule has 0 aliphatic rings. The van der Waals surface area contributed by atoms with Gasteiger partial charge in [0.1, 0.15) is 0 Å². The van der Waals surface area contributed by atoms with Crippen molar-refractivity contribution >= 4 is 23.1 Å². The van der Waals surface area contributed by atoms with Gasteiger partial charge in [-0.1, -0.05) is 39.0 Å². The van der Waals surface area contributed by atoms with Crippen LogP contribution in [-0.4, -0.2) is 22.5 Å². The normalized spacial score (nSPS) is 12.5. The molecule has 0 atom stereocenters. The molecule has 1 N–H and O–H groups in total. The van der Waals surface area contributed by atoms with E-state index < -0.39 is 34.5 Å². The van der Waals surface area contributed by atoms with Crippen LogP contribution < -0.4 is 4.74 Å². The molecule has 0 amide bonds. The van der Waals surface area contributed by atoms with Crippen molar-refractivity contribution in [2.24, 2.45) is 0 Å². The topological polar surface area (TPSA) is 63.6 Å². The highest BCUT2D eigenvalue weighted by molar-refractivity contribution is 7.17. The van der Waals surface area contributed by atoms with Gasteiger partial charge in [0, 0.05) is 16.9 Å². The molecule has 3 aromatic rings. The largest absolute Gasteiger partial charge is 0.478 e. The summed E-state index contributed by atoms with van der Waals surface area (Å²) in [5.74, 6) is -2.24. The summed E-state index contributed by atoms with van der Waals surface area (Å²) in [4.78, 5) is 25.4. The number of aryl methyl sites for hydroxylation is 1. The number of carbonyl (C=O) groups is 2. The first kappa shape index (κ1) is 28.4. The summed E-state index contributed by atoms with van der Waals surface area (Å²) >= 11 is 1.19. The summed E-state index contributed by atoms with van der Waals surface area (Å²) in [5, 5.41) is 9.32. The minimum atomic E-state index is -4.42. The Morgan fingerprint density at radius 3 is 2.08 bits per heavy atom. The molecule has 198 valence electrons. The minimum absolute atomic E-state index is 0.0936. The quantitative estimate of drug-likeness (QED) is 0.235. The number of ether oxygens (including phenoxy) is 1. The first-order valence-corrected chi connectivity index (χ1v) is 12.4. The molecule has 0 bridgehead atoms. The molecule has 9 heteroatoms. The SMILES string of the molecule is CC(C)(Oc1ccc(CCC(=O)c2ccc(-c3ccc(C(F)(F)F)cc3)s2)c(C(C)(C)C)c1F)C(=O)O. The molecule has 0 unspecified atom stereocenters. The standard InChI is InChI=1S/C28H28F4O4S/c1-26(2,3)23-17(9-13-20(24(23)29)36-27(4,5)25(34)35)8-12-19(33)22-15-14-21(37-22)16-6-10-18(11-7-16)28(30,31)32/h6-7,9-11,13-15H,8,12H2,1-5H3,(H,34,35). The van der Waals surface area contributed by atoms with Crippen LogP contribution in [0, 0.1) is 5.82 Å². The van der Waals surface area contributed by atoms with Gasteiger partial charge in [0.05, 0.1) is 10.4 Å². The summed E-state index contributed by atoms with van der Waals surface area (Å²) in [7, 11) is 0. The Labute approximate surface area is 216 Å². The van der Waals surface area contributed by atoms with E-state index >= 15 is 4.39 Å². The van der Waals surface area contributed by atoms with E-state index in [1.807, 2.05) is 20.8 Å². The number of Topliss-reactive ketones (excluding diaryl/α,β-unsaturated/α-hetero) is 1. The summed E-state index contributed by atoms with van der Waals surface area (Å²) < 4.78 is 59.4. The number of carboxylic acid groups (broad SMARTS) is 1. The summed E-state index contributed by atoms with van der Waals surface area (Å²) in [6, 6.07) is 11.1. The van der Waals surface area contributed by atoms with E-state index in [-0.39, 0.29) is 24.4 Å². The highest BCUT2D eigenvalue weighted by atomic mass is 32.1. The highest BCUT2D eigenvalue weighted by Gasteiger charge is 2.33. The second-order valence-electron chi connectivity index (χ2n) is 10.2. The lowest BCUT2D eigenvalue weighted by atomic mass is 9.81. The number of hydrogen-bond donors (Lipinski definition) is 1. The molecule has 1 heterocycles. The number of benzene rings is 2. The maximum atomic E-state index is 15.5. The lowest BCUT2D eigenvalue weighted by Gasteiger charge is -2.27. The molecule has 0 spiro atoms. The van der Waals surface area contributed by atoms with Gasteiger partial charge in [0.15, 0.2) is 23.0 Å². The molecular formula is C28H28F4O4S. The Kier molecular flexibility index (Phi) is 7.88. The lowest BCUT2D eigenvalue weighted by molar-refractivity contribution is -0.152. The first-order valence-electron chi connectivity index (χ1n) is 11.6. The molecule has 2 aromatic carbocycles. The van der Waals surface area contributed by atoms with Crippen molar-refractivity contribution in [2.75, 3.05) is 0 Å². The summed E-state index contributed by atoms with van der Waals surface area (Å²) in [6.07, 6.45) is -4.08. The van der Waals surface area contributed by atoms with Crippen molar-refractivity contribution in [3.8, 4) is 16.2 Å². The van der Waals surface area contributed by atoms with Gasteiger partial charge in [-0.3, -0.25) is 4.79 Å². The molecule has 0 fully saturated rings. The fourth-order valence-corrected chi connectivity index (χ4v) is 4.83. The van der Waals surface area contributed by atoms with Gasteiger partial charge in [0.2, 0.25) is 0 Å². The van der Waals surface area contributed by atoms with Crippen LogP contribution in [0.4, 0.5) is 17.6 Å². The van der Waals surface area contributed by atoms with Crippen molar-refractivity contribution < 1.29 is 37.0 Å². The average Bonchev–Trinajstić information content (AvgIpc) is 3.28. The number of rotatable bonds is 8. The molecule has 0 aliphatic carbocycles. The molecule has 3 rings (SSSR count). The summed E-state index contributed by atoms with van der Waals surface area (Å²) in [5.41, 5.74) is -1.48. The van der Waals surface area contributed by atoms with E-state index in [4.69, 9.17) is 4.74 Å². The van der Waals surface area contributed by atoms with Gasteiger partial charge < -0.3 is 9.84 Å². The number of alkyl halides is 3. The first-order chi connectivity index (χ1) is 17.0. The van der Waals surface area contributed by atoms with E-state index in [9.17, 15) is 27.9 Å². The third-order valence-corrected chi connectivity index (χ3v) is 7.00. The van der Waals surface area contributed by atoms with Crippen molar-refractivity contribution in [2.45, 2.75) is 64.7 Å². The molecule has 0 saturated carbocycles. The van der Waals surface area contributed by atoms with Crippen LogP contribution >= 0.6 is 11.3 Å². The third kappa shape index (κ3) is 6.57. The Morgan fingerprint density at radius 1 is 0.919 bits per heavy atom. The molecule has 37 heavy (non-hydrogen) atoms. The van der Waals surface area contributed by atoms with Crippen molar-refractivity contribution in [3.05, 3.63) is 75.9 Å². The Morgan fingerprint density at radius 2 is 1.54 bits per heavy atom. The maximum absolute atomic E-state index is 15.5. The summed E-state index contributed by atoms with van der Waals surface area (Å²) in [6.45, 7) is 8.12. The van der Waals surface area contributed by atoms with Gasteiger partial charge in [-0.15, -0.1) is 11.3 Å². The Hall–Kier alpha value is -3.20. The van der Waals surface area contributed by atoms with Gasteiger partial charge in [-0.2, -0.15) is 13.2 Å². The fraction of sp³-hybridized carbons (Fsp3) is 0.357. The number of halogens is 4. The van der Waals surface area contributed by atoms with Crippen molar-refractivity contribution in [3.63, 3.8) is 0 Å². The van der Waals surface area contributed by atoms with Crippen molar-refractivity contribution in [1.29, 1.82) is 0 Å². The zero-order valence-electron chi connectivity index (χ0n) is 21.1. The zero-order chi connectivity index (χ0) is 27.8. The fourth-order valence-electron chi connectivity index (χ4n) is 3.85. The van der Waals surface area contributed by atoms with E-state index in [1.54, 1.807) is 18.2 Å². The van der Waals surface area contributed by atoms with E-state index in [0.717, 1.165) is 12.1 Å². The average molecular weight is 537 g/mol. The van der Waals surface area contributed by atoms with E-state index in [2.05, 4.69) is 0 Å². The molecule has 0 aliphatic heterocycles. The minimum Gasteiger partial charge on any atom is -0.478 e. The van der Waals surface area contributed by atoms with E-state index in [0.29, 0.717) is 26.4 Å². The van der Waals surface area contributed by atoms with Crippen LogP contribution in [-0.2, 0) is 22.8 Å². The number of ketones is 1. The predicted molar refractivity (Wildman–Crippen MR) is 135 cm³/mol. The molecule has 1 aromatic heterocycles. The maximum Gasteiger partial charge on any atom is 0.416 e. The molecule has 0 saturated heterocycles. The molecule has 4 nitrogen and oxygen atoms in total. The highest BCUT2D eigenvalue weighted by Crippen LogP contribution is 2.37. The monoisotopic (exact) mass is 536 g/mol. The molecule has 0 radical (unpaired) electrons.